The molecule has 0 N–H and O–H groups in total. The van der Waals surface area contributed by atoms with Crippen LogP contribution in [-0.4, -0.2) is 0 Å². The standard InChI is InChI=1S/C36H30/c1-27-13-17-29(18-14-27)21-23-33-25-36(32-11-7-4-8-12-32)34(24-22-30-19-15-28(2)16-20-30)26-35(33)31-9-5-3-6-10-31/h3-26H,1-2H3/b23-21-,24-22-. The summed E-state index contributed by atoms with van der Waals surface area (Å²) >= 11 is 0. The third-order valence-electron chi connectivity index (χ3n) is 6.46. The highest BCUT2D eigenvalue weighted by Gasteiger charge is 2.11. The molecule has 0 saturated heterocycles. The zero-order valence-corrected chi connectivity index (χ0v) is 20.9. The van der Waals surface area contributed by atoms with Crippen molar-refractivity contribution in [2.24, 2.45) is 0 Å². The van der Waals surface area contributed by atoms with Crippen molar-refractivity contribution in [2.75, 3.05) is 0 Å². The third kappa shape index (κ3) is 5.62. The molecular formula is C36H30. The van der Waals surface area contributed by atoms with Crippen molar-refractivity contribution in [3.63, 3.8) is 0 Å². The summed E-state index contributed by atoms with van der Waals surface area (Å²) in [5.41, 5.74) is 12.2. The second-order valence-corrected chi connectivity index (χ2v) is 9.25. The molecule has 0 atom stereocenters. The molecule has 0 saturated carbocycles. The van der Waals surface area contributed by atoms with Gasteiger partial charge in [0.25, 0.3) is 0 Å². The molecule has 0 aromatic heterocycles. The summed E-state index contributed by atoms with van der Waals surface area (Å²) in [6, 6.07) is 43.3. The first-order valence-electron chi connectivity index (χ1n) is 12.4. The van der Waals surface area contributed by atoms with Crippen molar-refractivity contribution in [1.82, 2.24) is 0 Å². The maximum atomic E-state index is 2.33. The first-order valence-corrected chi connectivity index (χ1v) is 12.4. The van der Waals surface area contributed by atoms with Crippen LogP contribution >= 0.6 is 0 Å². The van der Waals surface area contributed by atoms with Gasteiger partial charge in [-0.05, 0) is 70.5 Å². The van der Waals surface area contributed by atoms with Crippen LogP contribution in [-0.2, 0) is 0 Å². The Hall–Kier alpha value is -4.42. The molecule has 0 aliphatic rings. The Morgan fingerprint density at radius 1 is 0.389 bits per heavy atom. The number of benzene rings is 5. The summed E-state index contributed by atoms with van der Waals surface area (Å²) in [5, 5.41) is 0. The van der Waals surface area contributed by atoms with E-state index < -0.39 is 0 Å². The molecule has 0 aliphatic carbocycles. The highest BCUT2D eigenvalue weighted by molar-refractivity contribution is 5.90. The van der Waals surface area contributed by atoms with E-state index in [0.29, 0.717) is 0 Å². The summed E-state index contributed by atoms with van der Waals surface area (Å²) in [7, 11) is 0. The minimum atomic E-state index is 1.20. The number of hydrogen-bond acceptors (Lipinski definition) is 0. The predicted molar refractivity (Wildman–Crippen MR) is 158 cm³/mol. The fourth-order valence-electron chi connectivity index (χ4n) is 4.37. The maximum Gasteiger partial charge on any atom is -0.0105 e. The zero-order valence-electron chi connectivity index (χ0n) is 20.9. The van der Waals surface area contributed by atoms with Crippen LogP contribution < -0.4 is 0 Å². The summed E-state index contributed by atoms with van der Waals surface area (Å²) in [4.78, 5) is 0. The quantitative estimate of drug-likeness (QED) is 0.220. The molecule has 0 amide bonds. The largest absolute Gasteiger partial charge is 0.0622 e. The van der Waals surface area contributed by atoms with Gasteiger partial charge in [-0.2, -0.15) is 0 Å². The Morgan fingerprint density at radius 3 is 1.11 bits per heavy atom. The van der Waals surface area contributed by atoms with Crippen molar-refractivity contribution in [2.45, 2.75) is 13.8 Å². The molecule has 0 fully saturated rings. The van der Waals surface area contributed by atoms with Crippen LogP contribution in [0.25, 0.3) is 46.6 Å². The summed E-state index contributed by atoms with van der Waals surface area (Å²) in [5.74, 6) is 0. The Balaban J connectivity index is 1.66. The SMILES string of the molecule is Cc1ccc(/C=C\c2cc(-c3ccccc3)c(/C=C\c3ccc(C)cc3)cc2-c2ccccc2)cc1. The molecule has 0 heteroatoms. The molecule has 36 heavy (non-hydrogen) atoms. The van der Waals surface area contributed by atoms with E-state index in [1.807, 2.05) is 0 Å². The van der Waals surface area contributed by atoms with Crippen LogP contribution in [0.15, 0.2) is 121 Å². The van der Waals surface area contributed by atoms with E-state index in [2.05, 4.69) is 159 Å². The number of aryl methyl sites for hydroxylation is 2. The molecule has 0 bridgehead atoms. The van der Waals surface area contributed by atoms with Gasteiger partial charge in [0.2, 0.25) is 0 Å². The lowest BCUT2D eigenvalue weighted by molar-refractivity contribution is 1.46. The normalized spacial score (nSPS) is 11.4. The van der Waals surface area contributed by atoms with Gasteiger partial charge in [-0.15, -0.1) is 0 Å². The third-order valence-corrected chi connectivity index (χ3v) is 6.46. The summed E-state index contributed by atoms with van der Waals surface area (Å²) in [6.07, 6.45) is 8.90. The van der Waals surface area contributed by atoms with E-state index in [1.165, 1.54) is 55.6 Å². The topological polar surface area (TPSA) is 0 Å². The molecule has 0 unspecified atom stereocenters. The van der Waals surface area contributed by atoms with Gasteiger partial charge in [0, 0.05) is 0 Å². The van der Waals surface area contributed by atoms with E-state index in [1.54, 1.807) is 0 Å². The van der Waals surface area contributed by atoms with Crippen molar-refractivity contribution >= 4 is 24.3 Å². The van der Waals surface area contributed by atoms with Gasteiger partial charge in [-0.1, -0.05) is 145 Å². The van der Waals surface area contributed by atoms with E-state index in [4.69, 9.17) is 0 Å². The molecular weight excluding hydrogens is 432 g/mol. The minimum Gasteiger partial charge on any atom is -0.0622 e. The Kier molecular flexibility index (Phi) is 7.05. The second-order valence-electron chi connectivity index (χ2n) is 9.25. The van der Waals surface area contributed by atoms with Crippen molar-refractivity contribution < 1.29 is 0 Å². The maximum absolute atomic E-state index is 2.33. The number of hydrogen-bond donors (Lipinski definition) is 0. The first-order chi connectivity index (χ1) is 17.7. The molecule has 5 rings (SSSR count). The van der Waals surface area contributed by atoms with Crippen LogP contribution in [0, 0.1) is 13.8 Å². The smallest absolute Gasteiger partial charge is 0.0105 e. The average molecular weight is 463 g/mol. The van der Waals surface area contributed by atoms with Gasteiger partial charge in [-0.3, -0.25) is 0 Å². The predicted octanol–water partition coefficient (Wildman–Crippen LogP) is 9.98. The lowest BCUT2D eigenvalue weighted by Crippen LogP contribution is -1.91. The molecule has 0 heterocycles. The summed E-state index contributed by atoms with van der Waals surface area (Å²) < 4.78 is 0. The fraction of sp³-hybridized carbons (Fsp3) is 0.0556. The van der Waals surface area contributed by atoms with Gasteiger partial charge in [0.15, 0.2) is 0 Å². The molecule has 5 aromatic rings. The molecule has 0 nitrogen and oxygen atoms in total. The van der Waals surface area contributed by atoms with Crippen LogP contribution in [0.4, 0.5) is 0 Å². The molecule has 0 aliphatic heterocycles. The molecule has 5 aromatic carbocycles. The summed E-state index contributed by atoms with van der Waals surface area (Å²) in [6.45, 7) is 4.24. The molecule has 0 radical (unpaired) electrons. The van der Waals surface area contributed by atoms with Crippen LogP contribution in [0.5, 0.6) is 0 Å². The van der Waals surface area contributed by atoms with Gasteiger partial charge < -0.3 is 0 Å². The molecule has 174 valence electrons. The van der Waals surface area contributed by atoms with E-state index in [9.17, 15) is 0 Å². The lowest BCUT2D eigenvalue weighted by atomic mass is 9.90. The van der Waals surface area contributed by atoms with Crippen molar-refractivity contribution in [1.29, 1.82) is 0 Å². The Labute approximate surface area is 214 Å². The van der Waals surface area contributed by atoms with Crippen LogP contribution in [0.2, 0.25) is 0 Å². The van der Waals surface area contributed by atoms with Gasteiger partial charge in [-0.25, -0.2) is 0 Å². The fourth-order valence-corrected chi connectivity index (χ4v) is 4.37. The average Bonchev–Trinajstić information content (AvgIpc) is 2.93. The number of rotatable bonds is 6. The monoisotopic (exact) mass is 462 g/mol. The Morgan fingerprint density at radius 2 is 0.750 bits per heavy atom. The zero-order chi connectivity index (χ0) is 24.7. The highest BCUT2D eigenvalue weighted by atomic mass is 14.1. The van der Waals surface area contributed by atoms with Gasteiger partial charge in [0.05, 0.1) is 0 Å². The van der Waals surface area contributed by atoms with E-state index in [0.717, 1.165) is 0 Å². The van der Waals surface area contributed by atoms with E-state index in [-0.39, 0.29) is 0 Å². The Bertz CT molecular complexity index is 1370. The second kappa shape index (κ2) is 10.9. The molecule has 0 spiro atoms. The minimum absolute atomic E-state index is 1.20. The van der Waals surface area contributed by atoms with Crippen molar-refractivity contribution in [3.05, 3.63) is 155 Å². The van der Waals surface area contributed by atoms with Crippen molar-refractivity contribution in [3.8, 4) is 22.3 Å². The van der Waals surface area contributed by atoms with E-state index >= 15 is 0 Å². The lowest BCUT2D eigenvalue weighted by Gasteiger charge is -2.14. The highest BCUT2D eigenvalue weighted by Crippen LogP contribution is 2.35. The van der Waals surface area contributed by atoms with Crippen LogP contribution in [0.1, 0.15) is 33.4 Å². The first kappa shape index (κ1) is 23.3. The van der Waals surface area contributed by atoms with Gasteiger partial charge >= 0.3 is 0 Å². The van der Waals surface area contributed by atoms with Gasteiger partial charge in [0.1, 0.15) is 0 Å². The van der Waals surface area contributed by atoms with Crippen LogP contribution in [0.3, 0.4) is 0 Å².